The van der Waals surface area contributed by atoms with Crippen molar-refractivity contribution in [3.63, 3.8) is 0 Å². The Balaban J connectivity index is 2.13. The van der Waals surface area contributed by atoms with Gasteiger partial charge in [-0.1, -0.05) is 32.0 Å². The van der Waals surface area contributed by atoms with Crippen molar-refractivity contribution >= 4 is 10.9 Å². The van der Waals surface area contributed by atoms with Gasteiger partial charge in [0.25, 0.3) is 0 Å². The molecule has 0 saturated heterocycles. The molecule has 1 aromatic heterocycles. The van der Waals surface area contributed by atoms with E-state index in [-0.39, 0.29) is 0 Å². The largest absolute Gasteiger partial charge is 0.346 e. The molecule has 3 nitrogen and oxygen atoms in total. The van der Waals surface area contributed by atoms with Crippen molar-refractivity contribution in [1.82, 2.24) is 10.0 Å². The Labute approximate surface area is 109 Å². The van der Waals surface area contributed by atoms with Gasteiger partial charge in [-0.15, -0.1) is 0 Å². The molecule has 0 amide bonds. The van der Waals surface area contributed by atoms with Crippen molar-refractivity contribution in [3.05, 3.63) is 35.5 Å². The van der Waals surface area contributed by atoms with E-state index in [4.69, 9.17) is 4.84 Å². The molecule has 1 aromatic carbocycles. The van der Waals surface area contributed by atoms with Gasteiger partial charge in [-0.05, 0) is 24.5 Å². The maximum Gasteiger partial charge on any atom is 0.0705 e. The topological polar surface area (TPSA) is 26.2 Å². The third-order valence-corrected chi connectivity index (χ3v) is 3.27. The number of aromatic nitrogens is 1. The molecule has 18 heavy (non-hydrogen) atoms. The molecule has 3 heteroatoms. The number of hydrogen-bond donors (Lipinski definition) is 1. The highest BCUT2D eigenvalue weighted by Gasteiger charge is 2.10. The summed E-state index contributed by atoms with van der Waals surface area (Å²) >= 11 is 0. The summed E-state index contributed by atoms with van der Waals surface area (Å²) in [6.07, 6.45) is 0. The van der Waals surface area contributed by atoms with E-state index >= 15 is 0 Å². The van der Waals surface area contributed by atoms with Gasteiger partial charge in [-0.2, -0.15) is 5.48 Å². The van der Waals surface area contributed by atoms with Crippen LogP contribution in [0.2, 0.25) is 0 Å². The highest BCUT2D eigenvalue weighted by atomic mass is 16.6. The number of nitrogens with one attached hydrogen (secondary N) is 1. The van der Waals surface area contributed by atoms with E-state index in [0.29, 0.717) is 5.92 Å². The second kappa shape index (κ2) is 5.55. The molecule has 0 fully saturated rings. The van der Waals surface area contributed by atoms with Gasteiger partial charge >= 0.3 is 0 Å². The molecule has 0 saturated carbocycles. The Morgan fingerprint density at radius 3 is 2.67 bits per heavy atom. The van der Waals surface area contributed by atoms with Crippen molar-refractivity contribution in [3.8, 4) is 0 Å². The monoisotopic (exact) mass is 246 g/mol. The van der Waals surface area contributed by atoms with Crippen LogP contribution in [0, 0.1) is 12.8 Å². The summed E-state index contributed by atoms with van der Waals surface area (Å²) in [7, 11) is 2.11. The lowest BCUT2D eigenvalue weighted by Gasteiger charge is -2.09. The minimum Gasteiger partial charge on any atom is -0.346 e. The normalized spacial score (nSPS) is 11.6. The number of fused-ring (bicyclic) bond motifs is 1. The maximum absolute atomic E-state index is 5.44. The summed E-state index contributed by atoms with van der Waals surface area (Å²) in [5, 5.41) is 1.32. The first kappa shape index (κ1) is 13.1. The number of benzene rings is 1. The summed E-state index contributed by atoms with van der Waals surface area (Å²) in [5.74, 6) is 0.547. The van der Waals surface area contributed by atoms with Crippen LogP contribution in [0.1, 0.15) is 25.1 Å². The first-order chi connectivity index (χ1) is 8.61. The van der Waals surface area contributed by atoms with Crippen LogP contribution in [-0.2, 0) is 18.4 Å². The number of nitrogens with zero attached hydrogens (tertiary/aromatic N) is 1. The molecule has 98 valence electrons. The third-order valence-electron chi connectivity index (χ3n) is 3.27. The minimum absolute atomic E-state index is 0.547. The average Bonchev–Trinajstić information content (AvgIpc) is 2.59. The summed E-state index contributed by atoms with van der Waals surface area (Å²) in [5.41, 5.74) is 6.93. The molecule has 0 radical (unpaired) electrons. The fourth-order valence-electron chi connectivity index (χ4n) is 2.23. The van der Waals surface area contributed by atoms with Gasteiger partial charge in [0, 0.05) is 23.6 Å². The molecule has 0 aliphatic carbocycles. The lowest BCUT2D eigenvalue weighted by molar-refractivity contribution is 0.0186. The summed E-state index contributed by atoms with van der Waals surface area (Å²) in [6.45, 7) is 7.93. The first-order valence-electron chi connectivity index (χ1n) is 6.48. The van der Waals surface area contributed by atoms with E-state index in [9.17, 15) is 0 Å². The molecule has 1 heterocycles. The molecule has 0 aliphatic rings. The van der Waals surface area contributed by atoms with Gasteiger partial charge < -0.3 is 9.40 Å². The number of aryl methyl sites for hydroxylation is 2. The maximum atomic E-state index is 5.44. The second-order valence-corrected chi connectivity index (χ2v) is 5.17. The Kier molecular flexibility index (Phi) is 4.04. The average molecular weight is 246 g/mol. The highest BCUT2D eigenvalue weighted by molar-refractivity contribution is 5.85. The van der Waals surface area contributed by atoms with Crippen LogP contribution < -0.4 is 5.48 Å². The quantitative estimate of drug-likeness (QED) is 0.648. The van der Waals surface area contributed by atoms with Gasteiger partial charge in [0.1, 0.15) is 0 Å². The van der Waals surface area contributed by atoms with Gasteiger partial charge in [-0.3, -0.25) is 0 Å². The standard InChI is InChI=1S/C15H22N2O/c1-11(2)10-18-16-9-15-12(3)13-7-5-6-8-14(13)17(15)4/h5-8,11,16H,9-10H2,1-4H3. The Morgan fingerprint density at radius 1 is 1.28 bits per heavy atom. The van der Waals surface area contributed by atoms with Crippen molar-refractivity contribution in [2.45, 2.75) is 27.3 Å². The molecule has 2 aromatic rings. The van der Waals surface area contributed by atoms with Crippen molar-refractivity contribution in [2.75, 3.05) is 6.61 Å². The van der Waals surface area contributed by atoms with E-state index in [1.165, 1.54) is 22.2 Å². The molecule has 0 spiro atoms. The van der Waals surface area contributed by atoms with Gasteiger partial charge in [0.15, 0.2) is 0 Å². The Hall–Kier alpha value is -1.32. The van der Waals surface area contributed by atoms with E-state index in [1.54, 1.807) is 0 Å². The molecule has 0 unspecified atom stereocenters. The molecular formula is C15H22N2O. The predicted octanol–water partition coefficient (Wildman–Crippen LogP) is 3.16. The lowest BCUT2D eigenvalue weighted by Crippen LogP contribution is -2.19. The van der Waals surface area contributed by atoms with Crippen LogP contribution >= 0.6 is 0 Å². The number of para-hydroxylation sites is 1. The van der Waals surface area contributed by atoms with Crippen LogP contribution in [0.4, 0.5) is 0 Å². The fourth-order valence-corrected chi connectivity index (χ4v) is 2.23. The van der Waals surface area contributed by atoms with Crippen LogP contribution in [0.15, 0.2) is 24.3 Å². The molecule has 0 atom stereocenters. The predicted molar refractivity (Wildman–Crippen MR) is 75.3 cm³/mol. The zero-order valence-corrected chi connectivity index (χ0v) is 11.7. The third kappa shape index (κ3) is 2.57. The molecule has 0 bridgehead atoms. The Morgan fingerprint density at radius 2 is 2.00 bits per heavy atom. The van der Waals surface area contributed by atoms with E-state index in [1.807, 2.05) is 0 Å². The number of hydroxylamine groups is 1. The summed E-state index contributed by atoms with van der Waals surface area (Å²) in [6, 6.07) is 8.49. The van der Waals surface area contributed by atoms with Crippen molar-refractivity contribution in [1.29, 1.82) is 0 Å². The molecule has 1 N–H and O–H groups in total. The van der Waals surface area contributed by atoms with Crippen LogP contribution in [0.25, 0.3) is 10.9 Å². The minimum atomic E-state index is 0.547. The van der Waals surface area contributed by atoms with Gasteiger partial charge in [0.05, 0.1) is 13.2 Å². The number of hydrogen-bond acceptors (Lipinski definition) is 2. The van der Waals surface area contributed by atoms with Crippen molar-refractivity contribution in [2.24, 2.45) is 13.0 Å². The molecular weight excluding hydrogens is 224 g/mol. The van der Waals surface area contributed by atoms with E-state index in [2.05, 4.69) is 62.1 Å². The lowest BCUT2D eigenvalue weighted by atomic mass is 10.1. The molecule has 0 aliphatic heterocycles. The van der Waals surface area contributed by atoms with Gasteiger partial charge in [-0.25, -0.2) is 0 Å². The SMILES string of the molecule is Cc1c(CNOCC(C)C)n(C)c2ccccc12. The fraction of sp³-hybridized carbons (Fsp3) is 0.467. The number of rotatable bonds is 5. The smallest absolute Gasteiger partial charge is 0.0705 e. The zero-order valence-electron chi connectivity index (χ0n) is 11.7. The van der Waals surface area contributed by atoms with Crippen molar-refractivity contribution < 1.29 is 4.84 Å². The second-order valence-electron chi connectivity index (χ2n) is 5.17. The van der Waals surface area contributed by atoms with E-state index < -0.39 is 0 Å². The summed E-state index contributed by atoms with van der Waals surface area (Å²) in [4.78, 5) is 5.44. The highest BCUT2D eigenvalue weighted by Crippen LogP contribution is 2.24. The molecule has 2 rings (SSSR count). The Bertz CT molecular complexity index is 490. The van der Waals surface area contributed by atoms with Crippen LogP contribution in [0.3, 0.4) is 0 Å². The van der Waals surface area contributed by atoms with E-state index in [0.717, 1.165) is 13.2 Å². The zero-order chi connectivity index (χ0) is 13.1. The van der Waals surface area contributed by atoms with Crippen LogP contribution in [-0.4, -0.2) is 11.2 Å². The van der Waals surface area contributed by atoms with Gasteiger partial charge in [0.2, 0.25) is 0 Å². The first-order valence-corrected chi connectivity index (χ1v) is 6.48. The summed E-state index contributed by atoms with van der Waals surface area (Å²) < 4.78 is 2.23. The van der Waals surface area contributed by atoms with Crippen LogP contribution in [0.5, 0.6) is 0 Å².